The molecule has 1 aromatic carbocycles. The number of nitrogens with one attached hydrogen (secondary N) is 1. The van der Waals surface area contributed by atoms with Crippen molar-refractivity contribution in [2.24, 2.45) is 0 Å². The molecule has 0 aromatic heterocycles. The lowest BCUT2D eigenvalue weighted by atomic mass is 9.94. The van der Waals surface area contributed by atoms with Crippen LogP contribution in [0.1, 0.15) is 43.0 Å². The monoisotopic (exact) mass is 391 g/mol. The molecule has 146 valence electrons. The van der Waals surface area contributed by atoms with Crippen LogP contribution in [0, 0.1) is 0 Å². The molecule has 2 atom stereocenters. The fourth-order valence-electron chi connectivity index (χ4n) is 4.54. The van der Waals surface area contributed by atoms with E-state index in [-0.39, 0.29) is 29.6 Å². The third kappa shape index (κ3) is 3.46. The van der Waals surface area contributed by atoms with E-state index in [1.54, 1.807) is 12.1 Å². The average molecular weight is 392 g/mol. The van der Waals surface area contributed by atoms with Gasteiger partial charge in [0.1, 0.15) is 0 Å². The maximum atomic E-state index is 12.8. The Morgan fingerprint density at radius 3 is 2.74 bits per heavy atom. The summed E-state index contributed by atoms with van der Waals surface area (Å²) in [5, 5.41) is 3.99. The minimum Gasteiger partial charge on any atom is -0.376 e. The maximum absolute atomic E-state index is 12.8. The van der Waals surface area contributed by atoms with Gasteiger partial charge in [0.2, 0.25) is 5.91 Å². The summed E-state index contributed by atoms with van der Waals surface area (Å²) in [5.41, 5.74) is 0.162. The van der Waals surface area contributed by atoms with Crippen molar-refractivity contribution in [2.45, 2.75) is 50.4 Å². The lowest BCUT2D eigenvalue weighted by Crippen LogP contribution is -2.60. The summed E-state index contributed by atoms with van der Waals surface area (Å²) >= 11 is 6.19. The molecule has 4 rings (SSSR count). The van der Waals surface area contributed by atoms with Gasteiger partial charge >= 0.3 is 0 Å². The number of rotatable bonds is 3. The van der Waals surface area contributed by atoms with Crippen LogP contribution in [0.4, 0.5) is 0 Å². The highest BCUT2D eigenvalue weighted by atomic mass is 35.5. The number of amides is 2. The van der Waals surface area contributed by atoms with E-state index in [0.29, 0.717) is 43.1 Å². The number of nitrogens with zero attached hydrogens (tertiary/aromatic N) is 2. The van der Waals surface area contributed by atoms with Gasteiger partial charge in [-0.2, -0.15) is 0 Å². The van der Waals surface area contributed by atoms with Gasteiger partial charge in [-0.3, -0.25) is 14.9 Å². The van der Waals surface area contributed by atoms with Crippen molar-refractivity contribution in [1.82, 2.24) is 15.1 Å². The number of piperidine rings is 1. The highest BCUT2D eigenvalue weighted by molar-refractivity contribution is 6.33. The van der Waals surface area contributed by atoms with Crippen LogP contribution < -0.4 is 5.32 Å². The van der Waals surface area contributed by atoms with Crippen molar-refractivity contribution in [1.29, 1.82) is 0 Å². The van der Waals surface area contributed by atoms with Crippen LogP contribution in [-0.2, 0) is 9.53 Å². The molecule has 3 aliphatic rings. The molecule has 0 saturated carbocycles. The number of ether oxygens (including phenoxy) is 1. The van der Waals surface area contributed by atoms with Gasteiger partial charge in [0.05, 0.1) is 28.4 Å². The zero-order chi connectivity index (χ0) is 19.0. The Morgan fingerprint density at radius 1 is 1.33 bits per heavy atom. The molecule has 2 amide bonds. The molecule has 27 heavy (non-hydrogen) atoms. The molecule has 0 bridgehead atoms. The van der Waals surface area contributed by atoms with E-state index in [1.807, 2.05) is 28.9 Å². The fourth-order valence-corrected chi connectivity index (χ4v) is 4.76. The van der Waals surface area contributed by atoms with Gasteiger partial charge in [0, 0.05) is 39.1 Å². The highest BCUT2D eigenvalue weighted by Crippen LogP contribution is 2.34. The lowest BCUT2D eigenvalue weighted by Gasteiger charge is -2.45. The van der Waals surface area contributed by atoms with E-state index in [2.05, 4.69) is 5.32 Å². The van der Waals surface area contributed by atoms with Crippen molar-refractivity contribution in [3.05, 3.63) is 34.9 Å². The van der Waals surface area contributed by atoms with Crippen LogP contribution in [0.3, 0.4) is 0 Å². The van der Waals surface area contributed by atoms with Crippen LogP contribution in [0.25, 0.3) is 0 Å². The molecule has 3 saturated heterocycles. The third-order valence-corrected chi connectivity index (χ3v) is 6.36. The molecule has 7 heteroatoms. The summed E-state index contributed by atoms with van der Waals surface area (Å²) in [6.45, 7) is 4.52. The molecular formula is C20H26ClN3O3. The predicted octanol–water partition coefficient (Wildman–Crippen LogP) is 2.27. The Hall–Kier alpha value is -1.63. The van der Waals surface area contributed by atoms with Gasteiger partial charge < -0.3 is 14.5 Å². The van der Waals surface area contributed by atoms with Gasteiger partial charge in [0.15, 0.2) is 0 Å². The summed E-state index contributed by atoms with van der Waals surface area (Å²) in [4.78, 5) is 29.4. The van der Waals surface area contributed by atoms with Crippen LogP contribution in [0.2, 0.25) is 5.02 Å². The van der Waals surface area contributed by atoms with E-state index < -0.39 is 0 Å². The molecule has 0 unspecified atom stereocenters. The van der Waals surface area contributed by atoms with Crippen LogP contribution >= 0.6 is 11.6 Å². The minimum atomic E-state index is -0.375. The summed E-state index contributed by atoms with van der Waals surface area (Å²) in [7, 11) is 0. The van der Waals surface area contributed by atoms with E-state index in [0.717, 1.165) is 19.4 Å². The zero-order valence-electron chi connectivity index (χ0n) is 15.6. The lowest BCUT2D eigenvalue weighted by molar-refractivity contribution is -0.135. The maximum Gasteiger partial charge on any atom is 0.255 e. The van der Waals surface area contributed by atoms with E-state index >= 15 is 0 Å². The number of carbonyl (C=O) groups excluding carboxylic acids is 2. The molecule has 3 fully saturated rings. The summed E-state index contributed by atoms with van der Waals surface area (Å²) in [6.07, 6.45) is 3.62. The molecule has 3 aliphatic heterocycles. The van der Waals surface area contributed by atoms with Gasteiger partial charge in [0.25, 0.3) is 5.91 Å². The predicted molar refractivity (Wildman–Crippen MR) is 103 cm³/mol. The second kappa shape index (κ2) is 7.41. The first kappa shape index (κ1) is 18.7. The van der Waals surface area contributed by atoms with E-state index in [9.17, 15) is 9.59 Å². The third-order valence-electron chi connectivity index (χ3n) is 6.03. The van der Waals surface area contributed by atoms with Crippen LogP contribution in [0.5, 0.6) is 0 Å². The Bertz CT molecular complexity index is 727. The van der Waals surface area contributed by atoms with Crippen LogP contribution in [-0.4, -0.2) is 65.7 Å². The average Bonchev–Trinajstić information content (AvgIpc) is 3.26. The summed E-state index contributed by atoms with van der Waals surface area (Å²) < 4.78 is 5.76. The number of carbonyl (C=O) groups is 2. The molecule has 6 nitrogen and oxygen atoms in total. The van der Waals surface area contributed by atoms with Gasteiger partial charge in [-0.05, 0) is 31.9 Å². The smallest absolute Gasteiger partial charge is 0.255 e. The zero-order valence-corrected chi connectivity index (χ0v) is 16.4. The molecule has 3 heterocycles. The topological polar surface area (TPSA) is 61.9 Å². The summed E-state index contributed by atoms with van der Waals surface area (Å²) in [6, 6.07) is 6.95. The van der Waals surface area contributed by atoms with Gasteiger partial charge in [-0.1, -0.05) is 23.7 Å². The molecule has 1 spiro atoms. The second-order valence-electron chi connectivity index (χ2n) is 7.75. The molecule has 0 radical (unpaired) electrons. The normalized spacial score (nSPS) is 27.6. The Kier molecular flexibility index (Phi) is 5.14. The van der Waals surface area contributed by atoms with Gasteiger partial charge in [-0.15, -0.1) is 0 Å². The molecule has 0 aliphatic carbocycles. The molecule has 1 N–H and O–H groups in total. The number of benzene rings is 1. The van der Waals surface area contributed by atoms with Crippen molar-refractivity contribution in [2.75, 3.05) is 26.2 Å². The molecular weight excluding hydrogens is 366 g/mol. The fraction of sp³-hybridized carbons (Fsp3) is 0.600. The minimum absolute atomic E-state index is 0.0431. The Balaban J connectivity index is 1.46. The largest absolute Gasteiger partial charge is 0.376 e. The van der Waals surface area contributed by atoms with E-state index in [4.69, 9.17) is 16.3 Å². The number of hydrogen-bond donors (Lipinski definition) is 1. The van der Waals surface area contributed by atoms with Gasteiger partial charge in [-0.25, -0.2) is 0 Å². The second-order valence-corrected chi connectivity index (χ2v) is 8.16. The SMILES string of the molecule is C[C@H]1NC2(CCN(C(=O)c3ccccc3Cl)CC2)N(C[C@@H]2CCCO2)C1=O. The first-order chi connectivity index (χ1) is 13.0. The Labute approximate surface area is 164 Å². The Morgan fingerprint density at radius 2 is 2.07 bits per heavy atom. The van der Waals surface area contributed by atoms with Crippen molar-refractivity contribution < 1.29 is 14.3 Å². The standard InChI is InChI=1S/C20H26ClN3O3/c1-14-18(25)24(13-15-5-4-12-27-15)20(22-14)8-10-23(11-9-20)19(26)16-6-2-3-7-17(16)21/h2-3,6-7,14-15,22H,4-5,8-13H2,1H3/t14-,15+/m1/s1. The molecule has 1 aromatic rings. The first-order valence-corrected chi connectivity index (χ1v) is 10.1. The van der Waals surface area contributed by atoms with Crippen molar-refractivity contribution in [3.8, 4) is 0 Å². The van der Waals surface area contributed by atoms with E-state index in [1.165, 1.54) is 0 Å². The summed E-state index contributed by atoms with van der Waals surface area (Å²) in [5.74, 6) is 0.0925. The number of likely N-dealkylation sites (tertiary alicyclic amines) is 1. The van der Waals surface area contributed by atoms with Crippen molar-refractivity contribution >= 4 is 23.4 Å². The number of hydrogen-bond acceptors (Lipinski definition) is 4. The van der Waals surface area contributed by atoms with Crippen molar-refractivity contribution in [3.63, 3.8) is 0 Å². The van der Waals surface area contributed by atoms with Crippen LogP contribution in [0.15, 0.2) is 24.3 Å². The highest BCUT2D eigenvalue weighted by Gasteiger charge is 2.51. The quantitative estimate of drug-likeness (QED) is 0.858. The first-order valence-electron chi connectivity index (χ1n) is 9.75. The number of halogens is 1.